The van der Waals surface area contributed by atoms with Crippen molar-refractivity contribution in [1.29, 1.82) is 0 Å². The van der Waals surface area contributed by atoms with Gasteiger partial charge in [-0.25, -0.2) is 4.39 Å². The molecule has 0 spiro atoms. The van der Waals surface area contributed by atoms with Crippen LogP contribution in [0.5, 0.6) is 5.75 Å². The number of carboxylic acid groups (broad SMARTS) is 1. The molecule has 0 saturated carbocycles. The van der Waals surface area contributed by atoms with Gasteiger partial charge in [-0.05, 0) is 6.07 Å². The van der Waals surface area contributed by atoms with E-state index >= 15 is 0 Å². The fourth-order valence-corrected chi connectivity index (χ4v) is 1.64. The van der Waals surface area contributed by atoms with E-state index in [1.807, 2.05) is 0 Å². The molecule has 0 saturated heterocycles. The van der Waals surface area contributed by atoms with Crippen LogP contribution in [0.1, 0.15) is 5.56 Å². The van der Waals surface area contributed by atoms with Gasteiger partial charge in [0.15, 0.2) is 0 Å². The van der Waals surface area contributed by atoms with Gasteiger partial charge in [0, 0.05) is 18.2 Å². The van der Waals surface area contributed by atoms with Crippen LogP contribution in [0.4, 0.5) is 17.6 Å². The van der Waals surface area contributed by atoms with Gasteiger partial charge in [-0.15, -0.1) is 0 Å². The summed E-state index contributed by atoms with van der Waals surface area (Å²) in [5.41, 5.74) is -0.0312. The number of benzene rings is 1. The van der Waals surface area contributed by atoms with Crippen LogP contribution in [-0.4, -0.2) is 42.4 Å². The van der Waals surface area contributed by atoms with Gasteiger partial charge in [0.2, 0.25) is 0 Å². The Morgan fingerprint density at radius 3 is 2.50 bits per heavy atom. The summed E-state index contributed by atoms with van der Waals surface area (Å²) in [6.07, 6.45) is -4.56. The predicted octanol–water partition coefficient (Wildman–Crippen LogP) is 2.28. The minimum atomic E-state index is -4.56. The molecule has 112 valence electrons. The number of carboxylic acids is 1. The van der Waals surface area contributed by atoms with Gasteiger partial charge < -0.3 is 9.84 Å². The van der Waals surface area contributed by atoms with Gasteiger partial charge in [-0.2, -0.15) is 13.2 Å². The summed E-state index contributed by atoms with van der Waals surface area (Å²) in [6, 6.07) is 3.69. The molecule has 20 heavy (non-hydrogen) atoms. The first-order valence-corrected chi connectivity index (χ1v) is 5.54. The molecule has 1 aromatic rings. The van der Waals surface area contributed by atoms with Crippen molar-refractivity contribution in [2.24, 2.45) is 0 Å². The Kier molecular flexibility index (Phi) is 5.32. The number of nitrogens with zero attached hydrogens (tertiary/aromatic N) is 1. The third kappa shape index (κ3) is 5.43. The topological polar surface area (TPSA) is 49.8 Å². The summed E-state index contributed by atoms with van der Waals surface area (Å²) in [6.45, 7) is -2.71. The van der Waals surface area contributed by atoms with E-state index in [9.17, 15) is 22.4 Å². The Labute approximate surface area is 112 Å². The van der Waals surface area contributed by atoms with Crippen LogP contribution < -0.4 is 4.74 Å². The third-order valence-corrected chi connectivity index (χ3v) is 2.42. The molecule has 0 aliphatic carbocycles. The van der Waals surface area contributed by atoms with Crippen LogP contribution in [0.3, 0.4) is 0 Å². The fraction of sp³-hybridized carbons (Fsp3) is 0.417. The number of hydrogen-bond donors (Lipinski definition) is 1. The van der Waals surface area contributed by atoms with Gasteiger partial charge >= 0.3 is 12.1 Å². The highest BCUT2D eigenvalue weighted by atomic mass is 19.4. The van der Waals surface area contributed by atoms with Crippen LogP contribution in [0.15, 0.2) is 18.2 Å². The fourth-order valence-electron chi connectivity index (χ4n) is 1.64. The molecule has 8 heteroatoms. The van der Waals surface area contributed by atoms with Gasteiger partial charge in [-0.3, -0.25) is 9.69 Å². The van der Waals surface area contributed by atoms with Crippen LogP contribution in [-0.2, 0) is 11.3 Å². The van der Waals surface area contributed by atoms with Crippen LogP contribution in [0.2, 0.25) is 0 Å². The van der Waals surface area contributed by atoms with Crippen LogP contribution >= 0.6 is 0 Å². The van der Waals surface area contributed by atoms with E-state index in [2.05, 4.69) is 0 Å². The Morgan fingerprint density at radius 2 is 2.05 bits per heavy atom. The summed E-state index contributed by atoms with van der Waals surface area (Å²) in [5, 5.41) is 8.59. The smallest absolute Gasteiger partial charge is 0.401 e. The number of alkyl halides is 3. The van der Waals surface area contributed by atoms with Crippen molar-refractivity contribution in [3.63, 3.8) is 0 Å². The van der Waals surface area contributed by atoms with E-state index in [0.29, 0.717) is 4.90 Å². The van der Waals surface area contributed by atoms with Crippen molar-refractivity contribution in [2.75, 3.05) is 20.2 Å². The quantitative estimate of drug-likeness (QED) is 0.818. The summed E-state index contributed by atoms with van der Waals surface area (Å²) in [5.74, 6) is -1.93. The molecule has 0 unspecified atom stereocenters. The molecular formula is C12H13F4NO3. The summed E-state index contributed by atoms with van der Waals surface area (Å²) < 4.78 is 55.4. The van der Waals surface area contributed by atoms with E-state index in [1.165, 1.54) is 19.2 Å². The molecule has 0 aliphatic heterocycles. The highest BCUT2D eigenvalue weighted by molar-refractivity contribution is 5.69. The lowest BCUT2D eigenvalue weighted by molar-refractivity contribution is -0.154. The van der Waals surface area contributed by atoms with E-state index in [1.54, 1.807) is 0 Å². The highest BCUT2D eigenvalue weighted by Gasteiger charge is 2.31. The highest BCUT2D eigenvalue weighted by Crippen LogP contribution is 2.21. The van der Waals surface area contributed by atoms with E-state index in [4.69, 9.17) is 9.84 Å². The van der Waals surface area contributed by atoms with E-state index < -0.39 is 37.6 Å². The van der Waals surface area contributed by atoms with E-state index in [0.717, 1.165) is 6.07 Å². The zero-order chi connectivity index (χ0) is 15.3. The average molecular weight is 295 g/mol. The normalized spacial score (nSPS) is 11.7. The zero-order valence-corrected chi connectivity index (χ0v) is 10.6. The van der Waals surface area contributed by atoms with Crippen molar-refractivity contribution in [3.8, 4) is 5.75 Å². The molecule has 0 aliphatic rings. The second-order valence-electron chi connectivity index (χ2n) is 4.11. The molecule has 1 aromatic carbocycles. The summed E-state index contributed by atoms with van der Waals surface area (Å²) in [4.78, 5) is 11.2. The third-order valence-electron chi connectivity index (χ3n) is 2.42. The van der Waals surface area contributed by atoms with Gasteiger partial charge in [0.1, 0.15) is 11.6 Å². The number of aliphatic carboxylic acids is 1. The molecule has 4 nitrogen and oxygen atoms in total. The van der Waals surface area contributed by atoms with Gasteiger partial charge in [-0.1, -0.05) is 6.07 Å². The number of halogens is 4. The molecule has 0 heterocycles. The Balaban J connectivity index is 2.86. The van der Waals surface area contributed by atoms with Crippen molar-refractivity contribution in [3.05, 3.63) is 29.6 Å². The summed E-state index contributed by atoms with van der Waals surface area (Å²) in [7, 11) is 1.33. The molecule has 0 radical (unpaired) electrons. The molecule has 0 bridgehead atoms. The first-order valence-electron chi connectivity index (χ1n) is 5.54. The van der Waals surface area contributed by atoms with Gasteiger partial charge in [0.25, 0.3) is 0 Å². The minimum absolute atomic E-state index is 0.0312. The maximum absolute atomic E-state index is 13.6. The Morgan fingerprint density at radius 1 is 1.40 bits per heavy atom. The molecule has 1 N–H and O–H groups in total. The number of ether oxygens (including phenoxy) is 1. The maximum atomic E-state index is 13.6. The molecule has 1 rings (SSSR count). The van der Waals surface area contributed by atoms with Crippen molar-refractivity contribution in [1.82, 2.24) is 4.90 Å². The number of rotatable bonds is 6. The molecular weight excluding hydrogens is 282 g/mol. The monoisotopic (exact) mass is 295 g/mol. The number of methoxy groups -OCH3 is 1. The molecule has 0 fully saturated rings. The lowest BCUT2D eigenvalue weighted by Crippen LogP contribution is -2.37. The predicted molar refractivity (Wildman–Crippen MR) is 61.9 cm³/mol. The molecule has 0 amide bonds. The lowest BCUT2D eigenvalue weighted by Gasteiger charge is -2.22. The second-order valence-corrected chi connectivity index (χ2v) is 4.11. The average Bonchev–Trinajstić information content (AvgIpc) is 2.28. The molecule has 0 atom stereocenters. The second kappa shape index (κ2) is 6.56. The van der Waals surface area contributed by atoms with Crippen LogP contribution in [0, 0.1) is 5.82 Å². The SMILES string of the molecule is COc1ccc(CN(CC(=O)O)CC(F)(F)F)c(F)c1. The number of carbonyl (C=O) groups is 1. The lowest BCUT2D eigenvalue weighted by atomic mass is 10.2. The standard InChI is InChI=1S/C12H13F4NO3/c1-20-9-3-2-8(10(13)4-9)5-17(6-11(18)19)7-12(14,15)16/h2-4H,5-7H2,1H3,(H,18,19). The van der Waals surface area contributed by atoms with Crippen molar-refractivity contribution >= 4 is 5.97 Å². The summed E-state index contributed by atoms with van der Waals surface area (Å²) >= 11 is 0. The van der Waals surface area contributed by atoms with Crippen LogP contribution in [0.25, 0.3) is 0 Å². The first-order chi connectivity index (χ1) is 9.21. The maximum Gasteiger partial charge on any atom is 0.401 e. The first kappa shape index (κ1) is 16.2. The Bertz CT molecular complexity index is 476. The molecule has 0 aromatic heterocycles. The largest absolute Gasteiger partial charge is 0.497 e. The minimum Gasteiger partial charge on any atom is -0.497 e. The van der Waals surface area contributed by atoms with E-state index in [-0.39, 0.29) is 11.3 Å². The van der Waals surface area contributed by atoms with Crippen molar-refractivity contribution < 1.29 is 32.2 Å². The number of hydrogen-bond acceptors (Lipinski definition) is 3. The zero-order valence-electron chi connectivity index (χ0n) is 10.6. The van der Waals surface area contributed by atoms with Gasteiger partial charge in [0.05, 0.1) is 20.2 Å². The van der Waals surface area contributed by atoms with Crippen molar-refractivity contribution in [2.45, 2.75) is 12.7 Å². The Hall–Kier alpha value is -1.83.